The minimum atomic E-state index is -0.0854. The molecule has 7 nitrogen and oxygen atoms in total. The number of thiazole rings is 1. The lowest BCUT2D eigenvalue weighted by Gasteiger charge is -2.06. The van der Waals surface area contributed by atoms with Crippen LogP contribution in [0.2, 0.25) is 0 Å². The molecule has 8 heteroatoms. The van der Waals surface area contributed by atoms with Crippen LogP contribution >= 0.6 is 11.3 Å². The second kappa shape index (κ2) is 8.66. The first-order chi connectivity index (χ1) is 14.2. The van der Waals surface area contributed by atoms with Gasteiger partial charge in [0.05, 0.1) is 12.1 Å². The monoisotopic (exact) mass is 406 g/mol. The molecule has 146 valence electrons. The molecule has 0 bridgehead atoms. The Balaban J connectivity index is 1.30. The maximum absolute atomic E-state index is 12.3. The Morgan fingerprint density at radius 1 is 1.17 bits per heavy atom. The number of hydrogen-bond acceptors (Lipinski definition) is 7. The third kappa shape index (κ3) is 4.85. The number of benzene rings is 2. The van der Waals surface area contributed by atoms with E-state index in [1.807, 2.05) is 60.8 Å². The van der Waals surface area contributed by atoms with Crippen molar-refractivity contribution >= 4 is 22.9 Å². The fourth-order valence-electron chi connectivity index (χ4n) is 2.69. The van der Waals surface area contributed by atoms with Crippen LogP contribution in [0.3, 0.4) is 0 Å². The number of nitrogens with zero attached hydrogens (tertiary/aromatic N) is 3. The zero-order valence-corrected chi connectivity index (χ0v) is 16.5. The van der Waals surface area contributed by atoms with E-state index in [9.17, 15) is 4.79 Å². The molecule has 29 heavy (non-hydrogen) atoms. The standard InChI is InChI=1S/C21H18N4O3S/c1-14-4-2-3-5-18(14)24-19(26)10-20-23-16(12-29-20)11-27-17-8-6-15(7-9-17)21-25-22-13-28-21/h2-9,12-13H,10-11H2,1H3,(H,24,26). The first-order valence-electron chi connectivity index (χ1n) is 8.95. The molecule has 2 heterocycles. The summed E-state index contributed by atoms with van der Waals surface area (Å²) in [7, 11) is 0. The van der Waals surface area contributed by atoms with Crippen LogP contribution in [-0.2, 0) is 17.8 Å². The average molecular weight is 406 g/mol. The van der Waals surface area contributed by atoms with Crippen molar-refractivity contribution in [3.8, 4) is 17.2 Å². The van der Waals surface area contributed by atoms with E-state index in [-0.39, 0.29) is 12.3 Å². The summed E-state index contributed by atoms with van der Waals surface area (Å²) in [6.07, 6.45) is 1.53. The number of para-hydroxylation sites is 1. The minimum absolute atomic E-state index is 0.0854. The lowest BCUT2D eigenvalue weighted by Crippen LogP contribution is -2.15. The van der Waals surface area contributed by atoms with Gasteiger partial charge in [-0.05, 0) is 42.8 Å². The minimum Gasteiger partial charge on any atom is -0.487 e. The van der Waals surface area contributed by atoms with Crippen LogP contribution in [0.4, 0.5) is 5.69 Å². The van der Waals surface area contributed by atoms with Gasteiger partial charge in [-0.2, -0.15) is 0 Å². The van der Waals surface area contributed by atoms with E-state index < -0.39 is 0 Å². The van der Waals surface area contributed by atoms with Gasteiger partial charge in [0.1, 0.15) is 17.4 Å². The third-order valence-electron chi connectivity index (χ3n) is 4.18. The van der Waals surface area contributed by atoms with Crippen molar-refractivity contribution in [2.24, 2.45) is 0 Å². The molecular formula is C21H18N4O3S. The second-order valence-electron chi connectivity index (χ2n) is 6.33. The Kier molecular flexibility index (Phi) is 5.62. The molecule has 1 N–H and O–H groups in total. The SMILES string of the molecule is Cc1ccccc1NC(=O)Cc1nc(COc2ccc(-c3nnco3)cc2)cs1. The highest BCUT2D eigenvalue weighted by Gasteiger charge is 2.10. The summed E-state index contributed by atoms with van der Waals surface area (Å²) in [5, 5.41) is 13.1. The van der Waals surface area contributed by atoms with Crippen LogP contribution in [0.1, 0.15) is 16.3 Å². The van der Waals surface area contributed by atoms with Crippen molar-refractivity contribution in [3.63, 3.8) is 0 Å². The lowest BCUT2D eigenvalue weighted by atomic mass is 10.2. The first kappa shape index (κ1) is 18.8. The quantitative estimate of drug-likeness (QED) is 0.493. The number of carbonyl (C=O) groups excluding carboxylic acids is 1. The number of carbonyl (C=O) groups is 1. The molecule has 4 rings (SSSR count). The summed E-state index contributed by atoms with van der Waals surface area (Å²) in [5.41, 5.74) is 3.46. The number of aromatic nitrogens is 3. The number of rotatable bonds is 7. The summed E-state index contributed by atoms with van der Waals surface area (Å²) >= 11 is 1.45. The van der Waals surface area contributed by atoms with E-state index in [1.165, 1.54) is 17.7 Å². The molecule has 4 aromatic rings. The van der Waals surface area contributed by atoms with Crippen molar-refractivity contribution < 1.29 is 13.9 Å². The molecule has 0 aliphatic heterocycles. The van der Waals surface area contributed by atoms with E-state index >= 15 is 0 Å². The molecule has 0 radical (unpaired) electrons. The number of anilines is 1. The Morgan fingerprint density at radius 3 is 2.76 bits per heavy atom. The number of hydrogen-bond donors (Lipinski definition) is 1. The van der Waals surface area contributed by atoms with Crippen molar-refractivity contribution in [1.29, 1.82) is 0 Å². The molecule has 0 spiro atoms. The number of nitrogens with one attached hydrogen (secondary N) is 1. The molecule has 0 aliphatic carbocycles. The number of aryl methyl sites for hydroxylation is 1. The van der Waals surface area contributed by atoms with Crippen molar-refractivity contribution in [2.75, 3.05) is 5.32 Å². The lowest BCUT2D eigenvalue weighted by molar-refractivity contribution is -0.115. The molecule has 0 unspecified atom stereocenters. The summed E-state index contributed by atoms with van der Waals surface area (Å²) in [6, 6.07) is 15.1. The Bertz CT molecular complexity index is 1090. The van der Waals surface area contributed by atoms with Gasteiger partial charge in [0.15, 0.2) is 0 Å². The molecule has 0 atom stereocenters. The highest BCUT2D eigenvalue weighted by atomic mass is 32.1. The van der Waals surface area contributed by atoms with E-state index in [0.29, 0.717) is 18.2 Å². The van der Waals surface area contributed by atoms with Crippen LogP contribution < -0.4 is 10.1 Å². The molecule has 0 aliphatic rings. The van der Waals surface area contributed by atoms with Crippen molar-refractivity contribution in [2.45, 2.75) is 20.0 Å². The van der Waals surface area contributed by atoms with Crippen LogP contribution in [0.15, 0.2) is 64.7 Å². The van der Waals surface area contributed by atoms with E-state index in [1.54, 1.807) is 0 Å². The second-order valence-corrected chi connectivity index (χ2v) is 7.27. The largest absolute Gasteiger partial charge is 0.487 e. The van der Waals surface area contributed by atoms with Crippen LogP contribution in [0, 0.1) is 6.92 Å². The zero-order valence-electron chi connectivity index (χ0n) is 15.7. The summed E-state index contributed by atoms with van der Waals surface area (Å²) in [4.78, 5) is 16.7. The summed E-state index contributed by atoms with van der Waals surface area (Å²) in [5.74, 6) is 1.09. The average Bonchev–Trinajstić information content (AvgIpc) is 3.41. The van der Waals surface area contributed by atoms with Gasteiger partial charge in [-0.1, -0.05) is 18.2 Å². The van der Waals surface area contributed by atoms with Crippen molar-refractivity contribution in [1.82, 2.24) is 15.2 Å². The van der Waals surface area contributed by atoms with E-state index in [2.05, 4.69) is 20.5 Å². The van der Waals surface area contributed by atoms with Gasteiger partial charge in [0, 0.05) is 16.6 Å². The Hall–Kier alpha value is -3.52. The number of amides is 1. The molecule has 0 fully saturated rings. The fraction of sp³-hybridized carbons (Fsp3) is 0.143. The molecule has 0 saturated heterocycles. The van der Waals surface area contributed by atoms with E-state index in [4.69, 9.17) is 9.15 Å². The van der Waals surface area contributed by atoms with Gasteiger partial charge in [-0.15, -0.1) is 21.5 Å². The van der Waals surface area contributed by atoms with Crippen LogP contribution in [0.5, 0.6) is 5.75 Å². The summed E-state index contributed by atoms with van der Waals surface area (Å²) < 4.78 is 10.9. The fourth-order valence-corrected chi connectivity index (χ4v) is 3.47. The highest BCUT2D eigenvalue weighted by Crippen LogP contribution is 2.21. The Labute approximate surface area is 171 Å². The first-order valence-corrected chi connectivity index (χ1v) is 9.83. The highest BCUT2D eigenvalue weighted by molar-refractivity contribution is 7.09. The molecule has 2 aromatic carbocycles. The molecule has 0 saturated carbocycles. The van der Waals surface area contributed by atoms with Crippen molar-refractivity contribution in [3.05, 3.63) is 76.6 Å². The topological polar surface area (TPSA) is 90.1 Å². The van der Waals surface area contributed by atoms with Gasteiger partial charge in [0.25, 0.3) is 0 Å². The maximum atomic E-state index is 12.3. The van der Waals surface area contributed by atoms with Gasteiger partial charge in [0.2, 0.25) is 18.2 Å². The Morgan fingerprint density at radius 2 is 2.00 bits per heavy atom. The van der Waals surface area contributed by atoms with Gasteiger partial charge < -0.3 is 14.5 Å². The third-order valence-corrected chi connectivity index (χ3v) is 5.08. The molecule has 1 amide bonds. The predicted octanol–water partition coefficient (Wildman–Crippen LogP) is 4.26. The number of ether oxygens (including phenoxy) is 1. The normalized spacial score (nSPS) is 10.7. The molecular weight excluding hydrogens is 388 g/mol. The maximum Gasteiger partial charge on any atom is 0.247 e. The molecule has 2 aromatic heterocycles. The van der Waals surface area contributed by atoms with Gasteiger partial charge in [-0.3, -0.25) is 4.79 Å². The predicted molar refractivity (Wildman–Crippen MR) is 110 cm³/mol. The smallest absolute Gasteiger partial charge is 0.247 e. The van der Waals surface area contributed by atoms with Gasteiger partial charge >= 0.3 is 0 Å². The van der Waals surface area contributed by atoms with Crippen LogP contribution in [0.25, 0.3) is 11.5 Å². The van der Waals surface area contributed by atoms with Crippen LogP contribution in [-0.4, -0.2) is 21.1 Å². The van der Waals surface area contributed by atoms with E-state index in [0.717, 1.165) is 27.5 Å². The zero-order chi connectivity index (χ0) is 20.1. The summed E-state index contributed by atoms with van der Waals surface area (Å²) in [6.45, 7) is 2.29. The van der Waals surface area contributed by atoms with Gasteiger partial charge in [-0.25, -0.2) is 4.98 Å².